The van der Waals surface area contributed by atoms with Gasteiger partial charge in [-0.3, -0.25) is 9.59 Å². The normalized spacial score (nSPS) is 10.8. The lowest BCUT2D eigenvalue weighted by atomic mass is 10.1. The average molecular weight is 322 g/mol. The molecule has 0 atom stereocenters. The standard InChI is InChI=1S/C19H18N2O3/c1-13-7-9-15(10-8-13)18(22)12-24-19(23)11-21-14(2)20-16-5-3-4-6-17(16)21/h3-10H,11-12H2,1-2H3. The van der Waals surface area contributed by atoms with Gasteiger partial charge in [-0.05, 0) is 26.0 Å². The van der Waals surface area contributed by atoms with E-state index in [1.165, 1.54) is 0 Å². The number of ether oxygens (including phenoxy) is 1. The van der Waals surface area contributed by atoms with Crippen LogP contribution in [0.1, 0.15) is 21.7 Å². The molecule has 1 aromatic heterocycles. The lowest BCUT2D eigenvalue weighted by Gasteiger charge is -2.07. The van der Waals surface area contributed by atoms with Crippen LogP contribution in [-0.4, -0.2) is 27.9 Å². The summed E-state index contributed by atoms with van der Waals surface area (Å²) in [5.74, 6) is 0.0651. The van der Waals surface area contributed by atoms with Gasteiger partial charge in [-0.1, -0.05) is 42.0 Å². The Labute approximate surface area is 139 Å². The fraction of sp³-hybridized carbons (Fsp3) is 0.211. The Bertz CT molecular complexity index is 895. The molecule has 0 aliphatic carbocycles. The van der Waals surface area contributed by atoms with Crippen LogP contribution >= 0.6 is 0 Å². The largest absolute Gasteiger partial charge is 0.456 e. The molecule has 24 heavy (non-hydrogen) atoms. The van der Waals surface area contributed by atoms with E-state index < -0.39 is 5.97 Å². The molecule has 2 aromatic carbocycles. The van der Waals surface area contributed by atoms with Gasteiger partial charge in [0.15, 0.2) is 12.4 Å². The van der Waals surface area contributed by atoms with Crippen LogP contribution in [-0.2, 0) is 16.1 Å². The monoisotopic (exact) mass is 322 g/mol. The lowest BCUT2D eigenvalue weighted by Crippen LogP contribution is -2.19. The van der Waals surface area contributed by atoms with Crippen LogP contribution in [0.4, 0.5) is 0 Å². The third-order valence-corrected chi connectivity index (χ3v) is 3.87. The van der Waals surface area contributed by atoms with Crippen molar-refractivity contribution in [1.29, 1.82) is 0 Å². The summed E-state index contributed by atoms with van der Waals surface area (Å²) in [7, 11) is 0. The molecule has 122 valence electrons. The maximum absolute atomic E-state index is 12.1. The predicted molar refractivity (Wildman–Crippen MR) is 90.9 cm³/mol. The maximum atomic E-state index is 12.1. The van der Waals surface area contributed by atoms with Crippen LogP contribution in [0.25, 0.3) is 11.0 Å². The van der Waals surface area contributed by atoms with Crippen LogP contribution in [0, 0.1) is 13.8 Å². The summed E-state index contributed by atoms with van der Waals surface area (Å²) in [5.41, 5.74) is 3.32. The van der Waals surface area contributed by atoms with Crippen molar-refractivity contribution in [2.45, 2.75) is 20.4 Å². The molecule has 0 aliphatic rings. The lowest BCUT2D eigenvalue weighted by molar-refractivity contribution is -0.143. The number of para-hydroxylation sites is 2. The highest BCUT2D eigenvalue weighted by Crippen LogP contribution is 2.15. The predicted octanol–water partition coefficient (Wildman–Crippen LogP) is 3.08. The van der Waals surface area contributed by atoms with E-state index in [0.29, 0.717) is 5.56 Å². The number of imidazole rings is 1. The van der Waals surface area contributed by atoms with Gasteiger partial charge in [-0.2, -0.15) is 0 Å². The SMILES string of the molecule is Cc1ccc(C(=O)COC(=O)Cn2c(C)nc3ccccc32)cc1. The molecule has 0 spiro atoms. The summed E-state index contributed by atoms with van der Waals surface area (Å²) < 4.78 is 6.91. The Kier molecular flexibility index (Phi) is 4.42. The van der Waals surface area contributed by atoms with E-state index in [9.17, 15) is 9.59 Å². The summed E-state index contributed by atoms with van der Waals surface area (Å²) in [4.78, 5) is 28.5. The van der Waals surface area contributed by atoms with Gasteiger partial charge in [-0.25, -0.2) is 4.98 Å². The number of hydrogen-bond donors (Lipinski definition) is 0. The van der Waals surface area contributed by atoms with Crippen molar-refractivity contribution < 1.29 is 14.3 Å². The van der Waals surface area contributed by atoms with Gasteiger partial charge in [0.25, 0.3) is 0 Å². The molecule has 0 radical (unpaired) electrons. The number of rotatable bonds is 5. The first kappa shape index (κ1) is 15.9. The number of aryl methyl sites for hydroxylation is 2. The van der Waals surface area contributed by atoms with Crippen LogP contribution in [0.5, 0.6) is 0 Å². The fourth-order valence-electron chi connectivity index (χ4n) is 2.54. The van der Waals surface area contributed by atoms with Crippen LogP contribution in [0.3, 0.4) is 0 Å². The molecular weight excluding hydrogens is 304 g/mol. The molecule has 0 saturated heterocycles. The first-order chi connectivity index (χ1) is 11.5. The van der Waals surface area contributed by atoms with Crippen LogP contribution < -0.4 is 0 Å². The van der Waals surface area contributed by atoms with Crippen molar-refractivity contribution in [2.75, 3.05) is 6.61 Å². The Morgan fingerprint density at radius 3 is 2.50 bits per heavy atom. The van der Waals surface area contributed by atoms with E-state index in [0.717, 1.165) is 22.4 Å². The molecule has 0 N–H and O–H groups in total. The van der Waals surface area contributed by atoms with Crippen molar-refractivity contribution in [3.63, 3.8) is 0 Å². The van der Waals surface area contributed by atoms with E-state index in [1.54, 1.807) is 16.7 Å². The number of carbonyl (C=O) groups excluding carboxylic acids is 2. The molecule has 3 aromatic rings. The number of fused-ring (bicyclic) bond motifs is 1. The number of benzene rings is 2. The second kappa shape index (κ2) is 6.66. The quantitative estimate of drug-likeness (QED) is 0.535. The zero-order valence-corrected chi connectivity index (χ0v) is 13.7. The number of esters is 1. The molecule has 1 heterocycles. The smallest absolute Gasteiger partial charge is 0.326 e. The number of nitrogens with zero attached hydrogens (tertiary/aromatic N) is 2. The number of ketones is 1. The molecule has 5 nitrogen and oxygen atoms in total. The molecule has 0 aliphatic heterocycles. The molecule has 0 bridgehead atoms. The highest BCUT2D eigenvalue weighted by molar-refractivity contribution is 5.98. The highest BCUT2D eigenvalue weighted by atomic mass is 16.5. The van der Waals surface area contributed by atoms with Gasteiger partial charge in [0.05, 0.1) is 11.0 Å². The zero-order valence-electron chi connectivity index (χ0n) is 13.7. The summed E-state index contributed by atoms with van der Waals surface area (Å²) in [6.45, 7) is 3.57. The maximum Gasteiger partial charge on any atom is 0.326 e. The fourth-order valence-corrected chi connectivity index (χ4v) is 2.54. The van der Waals surface area contributed by atoms with Gasteiger partial charge in [0.1, 0.15) is 12.4 Å². The minimum Gasteiger partial charge on any atom is -0.456 e. The average Bonchev–Trinajstić information content (AvgIpc) is 2.89. The number of carbonyl (C=O) groups is 2. The third kappa shape index (κ3) is 3.35. The van der Waals surface area contributed by atoms with E-state index in [4.69, 9.17) is 4.74 Å². The highest BCUT2D eigenvalue weighted by Gasteiger charge is 2.13. The first-order valence-electron chi connectivity index (χ1n) is 7.72. The zero-order chi connectivity index (χ0) is 17.1. The molecule has 0 unspecified atom stereocenters. The molecule has 3 rings (SSSR count). The van der Waals surface area contributed by atoms with Gasteiger partial charge in [0, 0.05) is 5.56 Å². The van der Waals surface area contributed by atoms with Crippen molar-refractivity contribution in [1.82, 2.24) is 9.55 Å². The molecule has 5 heteroatoms. The summed E-state index contributed by atoms with van der Waals surface area (Å²) in [5, 5.41) is 0. The topological polar surface area (TPSA) is 61.2 Å². The van der Waals surface area contributed by atoms with E-state index in [1.807, 2.05) is 50.2 Å². The molecule has 0 amide bonds. The van der Waals surface area contributed by atoms with Crippen molar-refractivity contribution in [2.24, 2.45) is 0 Å². The number of hydrogen-bond acceptors (Lipinski definition) is 4. The first-order valence-corrected chi connectivity index (χ1v) is 7.72. The van der Waals surface area contributed by atoms with Crippen molar-refractivity contribution in [3.05, 3.63) is 65.5 Å². The van der Waals surface area contributed by atoms with Crippen LogP contribution in [0.2, 0.25) is 0 Å². The summed E-state index contributed by atoms with van der Waals surface area (Å²) in [6, 6.07) is 14.8. The number of aromatic nitrogens is 2. The van der Waals surface area contributed by atoms with E-state index in [2.05, 4.69) is 4.98 Å². The van der Waals surface area contributed by atoms with Gasteiger partial charge in [0.2, 0.25) is 0 Å². The molecule has 0 saturated carbocycles. The summed E-state index contributed by atoms with van der Waals surface area (Å²) >= 11 is 0. The second-order valence-electron chi connectivity index (χ2n) is 5.68. The second-order valence-corrected chi connectivity index (χ2v) is 5.68. The molecule has 0 fully saturated rings. The minimum absolute atomic E-state index is 0.0352. The Morgan fingerprint density at radius 2 is 1.75 bits per heavy atom. The third-order valence-electron chi connectivity index (χ3n) is 3.87. The van der Waals surface area contributed by atoms with Crippen LogP contribution in [0.15, 0.2) is 48.5 Å². The van der Waals surface area contributed by atoms with Gasteiger partial charge in [-0.15, -0.1) is 0 Å². The van der Waals surface area contributed by atoms with E-state index >= 15 is 0 Å². The van der Waals surface area contributed by atoms with Crippen molar-refractivity contribution >= 4 is 22.8 Å². The van der Waals surface area contributed by atoms with E-state index in [-0.39, 0.29) is 18.9 Å². The Balaban J connectivity index is 1.64. The molecular formula is C19H18N2O3. The van der Waals surface area contributed by atoms with Gasteiger partial charge < -0.3 is 9.30 Å². The summed E-state index contributed by atoms with van der Waals surface area (Å²) in [6.07, 6.45) is 0. The van der Waals surface area contributed by atoms with Crippen molar-refractivity contribution in [3.8, 4) is 0 Å². The van der Waals surface area contributed by atoms with Gasteiger partial charge >= 0.3 is 5.97 Å². The Morgan fingerprint density at radius 1 is 1.04 bits per heavy atom. The Hall–Kier alpha value is -2.95. The minimum atomic E-state index is -0.457. The number of Topliss-reactive ketones (excluding diaryl/α,β-unsaturated/α-hetero) is 1.